The second-order valence-electron chi connectivity index (χ2n) is 7.00. The first-order chi connectivity index (χ1) is 13.5. The van der Waals surface area contributed by atoms with E-state index in [1.54, 1.807) is 24.1 Å². The van der Waals surface area contributed by atoms with Crippen LogP contribution < -0.4 is 15.4 Å². The number of nitrogens with one attached hydrogen (secondary N) is 2. The molecule has 0 bridgehead atoms. The minimum Gasteiger partial charge on any atom is -0.493 e. The van der Waals surface area contributed by atoms with Crippen LogP contribution in [0.1, 0.15) is 40.6 Å². The lowest BCUT2D eigenvalue weighted by Crippen LogP contribution is -2.50. The van der Waals surface area contributed by atoms with Gasteiger partial charge in [0, 0.05) is 36.2 Å². The van der Waals surface area contributed by atoms with Crippen LogP contribution in [0.25, 0.3) is 11.0 Å². The first-order valence-electron chi connectivity index (χ1n) is 9.13. The number of amides is 2. The Hall–Kier alpha value is -3.29. The molecule has 28 heavy (non-hydrogen) atoms. The van der Waals surface area contributed by atoms with Crippen LogP contribution in [0.2, 0.25) is 0 Å². The maximum absolute atomic E-state index is 13.0. The predicted molar refractivity (Wildman–Crippen MR) is 102 cm³/mol. The minimum absolute atomic E-state index is 0.0380. The van der Waals surface area contributed by atoms with Crippen LogP contribution >= 0.6 is 0 Å². The van der Waals surface area contributed by atoms with Crippen molar-refractivity contribution in [2.24, 2.45) is 7.05 Å². The van der Waals surface area contributed by atoms with Crippen LogP contribution in [0.15, 0.2) is 35.0 Å². The number of aryl methyl sites for hydroxylation is 2. The maximum Gasteiger partial charge on any atom is 0.287 e. The minimum atomic E-state index is -0.335. The van der Waals surface area contributed by atoms with Gasteiger partial charge in [-0.2, -0.15) is 5.10 Å². The summed E-state index contributed by atoms with van der Waals surface area (Å²) in [5.74, 6) is 0.481. The van der Waals surface area contributed by atoms with Crippen LogP contribution in [0.5, 0.6) is 5.75 Å². The van der Waals surface area contributed by atoms with Crippen molar-refractivity contribution in [3.8, 4) is 5.75 Å². The molecule has 2 atom stereocenters. The average molecular weight is 382 g/mol. The Morgan fingerprint density at radius 1 is 1.43 bits per heavy atom. The summed E-state index contributed by atoms with van der Waals surface area (Å²) in [6, 6.07) is 4.96. The Morgan fingerprint density at radius 3 is 2.96 bits per heavy atom. The predicted octanol–water partition coefficient (Wildman–Crippen LogP) is 2.23. The monoisotopic (exact) mass is 382 g/mol. The van der Waals surface area contributed by atoms with E-state index in [1.165, 1.54) is 0 Å². The van der Waals surface area contributed by atoms with Crippen LogP contribution in [0, 0.1) is 6.92 Å². The van der Waals surface area contributed by atoms with Gasteiger partial charge >= 0.3 is 0 Å². The van der Waals surface area contributed by atoms with E-state index in [0.717, 1.165) is 16.5 Å². The standard InChI is InChI=1S/C20H22N4O4/c1-11-13-5-4-6-15(27-3)19(13)28-18(11)20(26)22-14-7-8-16(25)23-17(14)12-9-21-24(2)10-12/h4-6,9-10,14,17H,7-8H2,1-3H3,(H,22,26)(H,23,25)/t14-,17-/m0/s1. The summed E-state index contributed by atoms with van der Waals surface area (Å²) in [4.78, 5) is 24.9. The van der Waals surface area contributed by atoms with Gasteiger partial charge < -0.3 is 19.8 Å². The van der Waals surface area contributed by atoms with Gasteiger partial charge in [-0.15, -0.1) is 0 Å². The number of hydrogen-bond acceptors (Lipinski definition) is 5. The van der Waals surface area contributed by atoms with Crippen LogP contribution in [-0.4, -0.2) is 34.7 Å². The number of benzene rings is 1. The molecule has 2 aromatic heterocycles. The summed E-state index contributed by atoms with van der Waals surface area (Å²) in [5.41, 5.74) is 2.15. The third-order valence-electron chi connectivity index (χ3n) is 5.16. The zero-order valence-electron chi connectivity index (χ0n) is 16.0. The molecule has 4 rings (SSSR count). The Kier molecular flexibility index (Phi) is 4.54. The summed E-state index contributed by atoms with van der Waals surface area (Å²) in [6.07, 6.45) is 4.44. The van der Waals surface area contributed by atoms with Gasteiger partial charge in [0.2, 0.25) is 5.91 Å². The lowest BCUT2D eigenvalue weighted by atomic mass is 9.93. The number of rotatable bonds is 4. The molecule has 8 heteroatoms. The number of fused-ring (bicyclic) bond motifs is 1. The summed E-state index contributed by atoms with van der Waals surface area (Å²) in [5, 5.41) is 11.0. The van der Waals surface area contributed by atoms with Gasteiger partial charge in [0.25, 0.3) is 5.91 Å². The van der Waals surface area contributed by atoms with E-state index < -0.39 is 0 Å². The van der Waals surface area contributed by atoms with Crippen molar-refractivity contribution in [2.45, 2.75) is 31.8 Å². The van der Waals surface area contributed by atoms with Crippen LogP contribution in [0.4, 0.5) is 0 Å². The highest BCUT2D eigenvalue weighted by Gasteiger charge is 2.33. The molecule has 146 valence electrons. The Bertz CT molecular complexity index is 1050. The molecule has 2 amide bonds. The number of ether oxygens (including phenoxy) is 1. The quantitative estimate of drug-likeness (QED) is 0.721. The van der Waals surface area contributed by atoms with E-state index in [2.05, 4.69) is 15.7 Å². The van der Waals surface area contributed by atoms with Gasteiger partial charge in [-0.1, -0.05) is 12.1 Å². The molecule has 2 N–H and O–H groups in total. The molecule has 0 radical (unpaired) electrons. The lowest BCUT2D eigenvalue weighted by Gasteiger charge is -2.32. The Labute approximate surface area is 161 Å². The fourth-order valence-electron chi connectivity index (χ4n) is 3.70. The SMILES string of the molecule is COc1cccc2c(C)c(C(=O)N[C@H]3CCC(=O)N[C@H]3c3cnn(C)c3)oc12. The van der Waals surface area contributed by atoms with Crippen molar-refractivity contribution in [3.05, 3.63) is 47.5 Å². The number of aromatic nitrogens is 2. The highest BCUT2D eigenvalue weighted by atomic mass is 16.5. The summed E-state index contributed by atoms with van der Waals surface area (Å²) < 4.78 is 12.9. The molecule has 0 spiro atoms. The zero-order valence-corrected chi connectivity index (χ0v) is 16.0. The second-order valence-corrected chi connectivity index (χ2v) is 7.00. The molecule has 8 nitrogen and oxygen atoms in total. The summed E-state index contributed by atoms with van der Waals surface area (Å²) in [7, 11) is 3.38. The molecule has 1 saturated heterocycles. The van der Waals surface area contributed by atoms with Gasteiger partial charge in [-0.25, -0.2) is 0 Å². The number of furan rings is 1. The van der Waals surface area contributed by atoms with Crippen molar-refractivity contribution in [3.63, 3.8) is 0 Å². The van der Waals surface area contributed by atoms with E-state index in [4.69, 9.17) is 9.15 Å². The van der Waals surface area contributed by atoms with E-state index in [1.807, 2.05) is 32.3 Å². The number of carbonyl (C=O) groups excluding carboxylic acids is 2. The Morgan fingerprint density at radius 2 is 2.25 bits per heavy atom. The summed E-state index contributed by atoms with van der Waals surface area (Å²) in [6.45, 7) is 1.85. The second kappa shape index (κ2) is 7.03. The number of hydrogen-bond donors (Lipinski definition) is 2. The fraction of sp³-hybridized carbons (Fsp3) is 0.350. The molecule has 1 aromatic carbocycles. The van der Waals surface area contributed by atoms with Crippen molar-refractivity contribution in [1.29, 1.82) is 0 Å². The lowest BCUT2D eigenvalue weighted by molar-refractivity contribution is -0.123. The number of carbonyl (C=O) groups is 2. The molecule has 3 aromatic rings. The number of piperidine rings is 1. The van der Waals surface area contributed by atoms with Crippen molar-refractivity contribution < 1.29 is 18.7 Å². The molecular weight excluding hydrogens is 360 g/mol. The third-order valence-corrected chi connectivity index (χ3v) is 5.16. The van der Waals surface area contributed by atoms with Crippen molar-refractivity contribution in [2.75, 3.05) is 7.11 Å². The number of nitrogens with zero attached hydrogens (tertiary/aromatic N) is 2. The van der Waals surface area contributed by atoms with E-state index in [-0.39, 0.29) is 29.7 Å². The first-order valence-corrected chi connectivity index (χ1v) is 9.13. The largest absolute Gasteiger partial charge is 0.493 e. The van der Waals surface area contributed by atoms with Crippen LogP contribution in [-0.2, 0) is 11.8 Å². The van der Waals surface area contributed by atoms with Crippen molar-refractivity contribution in [1.82, 2.24) is 20.4 Å². The normalized spacial score (nSPS) is 19.5. The van der Waals surface area contributed by atoms with Gasteiger partial charge in [0.05, 0.1) is 25.4 Å². The zero-order chi connectivity index (χ0) is 19.8. The van der Waals surface area contributed by atoms with E-state index in [0.29, 0.717) is 24.2 Å². The van der Waals surface area contributed by atoms with E-state index in [9.17, 15) is 9.59 Å². The maximum atomic E-state index is 13.0. The molecule has 1 aliphatic rings. The number of para-hydroxylation sites is 1. The molecule has 0 aliphatic carbocycles. The van der Waals surface area contributed by atoms with Gasteiger partial charge in [0.15, 0.2) is 17.1 Å². The molecule has 1 aliphatic heterocycles. The highest BCUT2D eigenvalue weighted by molar-refractivity contribution is 6.00. The molecular formula is C20H22N4O4. The smallest absolute Gasteiger partial charge is 0.287 e. The van der Waals surface area contributed by atoms with Crippen molar-refractivity contribution >= 4 is 22.8 Å². The van der Waals surface area contributed by atoms with Crippen LogP contribution in [0.3, 0.4) is 0 Å². The molecule has 0 saturated carbocycles. The molecule has 1 fully saturated rings. The molecule has 0 unspecified atom stereocenters. The average Bonchev–Trinajstić information content (AvgIpc) is 3.26. The van der Waals surface area contributed by atoms with Gasteiger partial charge in [0.1, 0.15) is 0 Å². The fourth-order valence-corrected chi connectivity index (χ4v) is 3.70. The molecule has 3 heterocycles. The third kappa shape index (κ3) is 3.11. The summed E-state index contributed by atoms with van der Waals surface area (Å²) >= 11 is 0. The highest BCUT2D eigenvalue weighted by Crippen LogP contribution is 2.32. The van der Waals surface area contributed by atoms with Gasteiger partial charge in [-0.05, 0) is 19.4 Å². The Balaban J connectivity index is 1.62. The van der Waals surface area contributed by atoms with Gasteiger partial charge in [-0.3, -0.25) is 14.3 Å². The first kappa shape index (κ1) is 18.1. The topological polar surface area (TPSA) is 98.4 Å². The van der Waals surface area contributed by atoms with E-state index >= 15 is 0 Å². The number of methoxy groups -OCH3 is 1.